The summed E-state index contributed by atoms with van der Waals surface area (Å²) in [6.45, 7) is 6.23. The Morgan fingerprint density at radius 1 is 1.35 bits per heavy atom. The van der Waals surface area contributed by atoms with Gasteiger partial charge in [0.05, 0.1) is 6.04 Å². The van der Waals surface area contributed by atoms with Crippen molar-refractivity contribution in [3.8, 4) is 0 Å². The minimum Gasteiger partial charge on any atom is -0.356 e. The molecule has 2 aromatic rings. The van der Waals surface area contributed by atoms with Crippen LogP contribution in [0.3, 0.4) is 0 Å². The number of fused-ring (bicyclic) bond motifs is 4. The van der Waals surface area contributed by atoms with Crippen molar-refractivity contribution >= 4 is 22.7 Å². The fourth-order valence-electron chi connectivity index (χ4n) is 3.94. The van der Waals surface area contributed by atoms with Gasteiger partial charge >= 0.3 is 0 Å². The van der Waals surface area contributed by atoms with Gasteiger partial charge in [0.2, 0.25) is 11.8 Å². The van der Waals surface area contributed by atoms with Crippen LogP contribution in [-0.2, 0) is 16.0 Å². The molecule has 2 aliphatic rings. The molecule has 5 nitrogen and oxygen atoms in total. The van der Waals surface area contributed by atoms with E-state index in [0.29, 0.717) is 13.0 Å². The lowest BCUT2D eigenvalue weighted by Gasteiger charge is -2.45. The second-order valence-electron chi connectivity index (χ2n) is 6.27. The molecule has 0 saturated carbocycles. The van der Waals surface area contributed by atoms with Gasteiger partial charge < -0.3 is 14.8 Å². The summed E-state index contributed by atoms with van der Waals surface area (Å²) < 4.78 is 0. The summed E-state index contributed by atoms with van der Waals surface area (Å²) in [6.07, 6.45) is 2.24. The van der Waals surface area contributed by atoms with E-state index in [1.54, 1.807) is 15.9 Å². The van der Waals surface area contributed by atoms with Crippen LogP contribution in [0.1, 0.15) is 24.2 Å². The van der Waals surface area contributed by atoms with E-state index in [0.717, 1.165) is 22.2 Å². The highest BCUT2D eigenvalue weighted by Gasteiger charge is 2.45. The molecule has 1 unspecified atom stereocenters. The number of nitrogens with zero attached hydrogens (tertiary/aromatic N) is 2. The van der Waals surface area contributed by atoms with Crippen LogP contribution in [0.5, 0.6) is 0 Å². The maximum absolute atomic E-state index is 12.8. The number of hydrogen-bond donors (Lipinski definition) is 1. The highest BCUT2D eigenvalue weighted by molar-refractivity contribution is 5.97. The van der Waals surface area contributed by atoms with Gasteiger partial charge in [0.25, 0.3) is 0 Å². The van der Waals surface area contributed by atoms with Crippen LogP contribution in [0.25, 0.3) is 10.9 Å². The molecule has 0 radical (unpaired) electrons. The third-order valence-corrected chi connectivity index (χ3v) is 4.98. The molecule has 2 atom stereocenters. The second-order valence-corrected chi connectivity index (χ2v) is 6.27. The quantitative estimate of drug-likeness (QED) is 0.863. The molecule has 1 aromatic heterocycles. The van der Waals surface area contributed by atoms with Crippen molar-refractivity contribution in [1.29, 1.82) is 0 Å². The molecule has 1 fully saturated rings. The number of benzene rings is 1. The Morgan fingerprint density at radius 2 is 2.13 bits per heavy atom. The van der Waals surface area contributed by atoms with E-state index in [9.17, 15) is 9.59 Å². The number of carbonyl (C=O) groups excluding carboxylic acids is 2. The molecule has 2 aliphatic heterocycles. The van der Waals surface area contributed by atoms with Crippen molar-refractivity contribution in [3.63, 3.8) is 0 Å². The largest absolute Gasteiger partial charge is 0.356 e. The number of amides is 2. The fourth-order valence-corrected chi connectivity index (χ4v) is 3.94. The topological polar surface area (TPSA) is 56.4 Å². The van der Waals surface area contributed by atoms with Crippen molar-refractivity contribution in [2.24, 2.45) is 0 Å². The van der Waals surface area contributed by atoms with Gasteiger partial charge in [0.1, 0.15) is 12.6 Å². The molecule has 0 spiro atoms. The third kappa shape index (κ3) is 1.92. The Balaban J connectivity index is 1.82. The predicted molar refractivity (Wildman–Crippen MR) is 87.8 cm³/mol. The van der Waals surface area contributed by atoms with E-state index in [1.807, 2.05) is 25.1 Å². The Kier molecular flexibility index (Phi) is 3.04. The lowest BCUT2D eigenvalue weighted by Crippen LogP contribution is -2.62. The van der Waals surface area contributed by atoms with E-state index in [4.69, 9.17) is 0 Å². The number of rotatable bonds is 2. The van der Waals surface area contributed by atoms with Crippen molar-refractivity contribution in [2.75, 3.05) is 13.1 Å². The first-order chi connectivity index (χ1) is 11.1. The Morgan fingerprint density at radius 3 is 2.91 bits per heavy atom. The number of aromatic amines is 1. The third-order valence-electron chi connectivity index (χ3n) is 4.98. The number of aromatic nitrogens is 1. The molecule has 1 N–H and O–H groups in total. The summed E-state index contributed by atoms with van der Waals surface area (Å²) in [5, 5.41) is 1.15. The number of piperazine rings is 1. The van der Waals surface area contributed by atoms with E-state index in [2.05, 4.69) is 17.6 Å². The maximum Gasteiger partial charge on any atom is 0.246 e. The van der Waals surface area contributed by atoms with Gasteiger partial charge in [-0.05, 0) is 18.6 Å². The molecular formula is C18H19N3O2. The van der Waals surface area contributed by atoms with Gasteiger partial charge in [-0.3, -0.25) is 9.59 Å². The molecule has 2 amide bonds. The molecule has 4 rings (SSSR count). The van der Waals surface area contributed by atoms with Crippen LogP contribution in [0.4, 0.5) is 0 Å². The Labute approximate surface area is 134 Å². The lowest BCUT2D eigenvalue weighted by atomic mass is 9.90. The average molecular weight is 309 g/mol. The van der Waals surface area contributed by atoms with Crippen molar-refractivity contribution in [1.82, 2.24) is 14.8 Å². The molecule has 23 heavy (non-hydrogen) atoms. The van der Waals surface area contributed by atoms with E-state index in [-0.39, 0.29) is 24.4 Å². The second kappa shape index (κ2) is 4.98. The molecule has 118 valence electrons. The highest BCUT2D eigenvalue weighted by Crippen LogP contribution is 2.38. The van der Waals surface area contributed by atoms with Crippen LogP contribution in [0.2, 0.25) is 0 Å². The standard InChI is InChI=1S/C18H19N3O2/c1-3-8-20-10-16(22)21-11(2)17-13(9-15(21)18(20)23)12-6-4-5-7-14(12)19-17/h3-7,11,15,19H,1,8-10H2,2H3/t11?,15-/m0/s1. The normalized spacial score (nSPS) is 23.9. The van der Waals surface area contributed by atoms with Gasteiger partial charge in [0, 0.05) is 29.6 Å². The van der Waals surface area contributed by atoms with E-state index >= 15 is 0 Å². The first kappa shape index (κ1) is 14.1. The van der Waals surface area contributed by atoms with Crippen LogP contribution in [0.15, 0.2) is 36.9 Å². The van der Waals surface area contributed by atoms with Crippen LogP contribution < -0.4 is 0 Å². The Hall–Kier alpha value is -2.56. The van der Waals surface area contributed by atoms with Crippen molar-refractivity contribution < 1.29 is 9.59 Å². The summed E-state index contributed by atoms with van der Waals surface area (Å²) >= 11 is 0. The van der Waals surface area contributed by atoms with Crippen molar-refractivity contribution in [2.45, 2.75) is 25.4 Å². The van der Waals surface area contributed by atoms with E-state index < -0.39 is 6.04 Å². The number of nitrogens with one attached hydrogen (secondary N) is 1. The van der Waals surface area contributed by atoms with Gasteiger partial charge in [-0.25, -0.2) is 0 Å². The molecule has 0 aliphatic carbocycles. The van der Waals surface area contributed by atoms with Gasteiger partial charge in [-0.2, -0.15) is 0 Å². The summed E-state index contributed by atoms with van der Waals surface area (Å²) in [5.41, 5.74) is 3.28. The summed E-state index contributed by atoms with van der Waals surface area (Å²) in [7, 11) is 0. The summed E-state index contributed by atoms with van der Waals surface area (Å²) in [6, 6.07) is 7.59. The Bertz CT molecular complexity index is 823. The first-order valence-electron chi connectivity index (χ1n) is 7.92. The SMILES string of the molecule is C=CCN1CC(=O)N2C(C)c3[nH]c4ccccc4c3C[C@H]2C1=O. The zero-order chi connectivity index (χ0) is 16.1. The minimum absolute atomic E-state index is 0.00764. The minimum atomic E-state index is -0.405. The molecular weight excluding hydrogens is 290 g/mol. The number of H-pyrrole nitrogens is 1. The van der Waals surface area contributed by atoms with Crippen molar-refractivity contribution in [3.05, 3.63) is 48.2 Å². The van der Waals surface area contributed by atoms with E-state index in [1.165, 1.54) is 0 Å². The van der Waals surface area contributed by atoms with Gasteiger partial charge in [0.15, 0.2) is 0 Å². The number of hydrogen-bond acceptors (Lipinski definition) is 2. The zero-order valence-electron chi connectivity index (χ0n) is 13.1. The van der Waals surface area contributed by atoms with Gasteiger partial charge in [-0.1, -0.05) is 24.3 Å². The molecule has 5 heteroatoms. The summed E-state index contributed by atoms with van der Waals surface area (Å²) in [4.78, 5) is 32.1. The van der Waals surface area contributed by atoms with Crippen LogP contribution >= 0.6 is 0 Å². The lowest BCUT2D eigenvalue weighted by molar-refractivity contribution is -0.158. The first-order valence-corrected chi connectivity index (χ1v) is 7.92. The average Bonchev–Trinajstić information content (AvgIpc) is 2.92. The van der Waals surface area contributed by atoms with Crippen LogP contribution in [0, 0.1) is 0 Å². The number of para-hydroxylation sites is 1. The molecule has 0 bridgehead atoms. The molecule has 1 aromatic carbocycles. The smallest absolute Gasteiger partial charge is 0.246 e. The zero-order valence-corrected chi connectivity index (χ0v) is 13.1. The van der Waals surface area contributed by atoms with Crippen LogP contribution in [-0.4, -0.2) is 45.7 Å². The highest BCUT2D eigenvalue weighted by atomic mass is 16.2. The molecule has 1 saturated heterocycles. The predicted octanol–water partition coefficient (Wildman–Crippen LogP) is 2.01. The maximum atomic E-state index is 12.8. The fraction of sp³-hybridized carbons (Fsp3) is 0.333. The van der Waals surface area contributed by atoms with Gasteiger partial charge in [-0.15, -0.1) is 6.58 Å². The summed E-state index contributed by atoms with van der Waals surface area (Å²) in [5.74, 6) is 0.0283. The molecule has 3 heterocycles. The monoisotopic (exact) mass is 309 g/mol. The number of carbonyl (C=O) groups is 2.